The van der Waals surface area contributed by atoms with E-state index in [2.05, 4.69) is 21.5 Å². The third-order valence-electron chi connectivity index (χ3n) is 4.27. The lowest BCUT2D eigenvalue weighted by Crippen LogP contribution is -2.43. The van der Waals surface area contributed by atoms with Crippen molar-refractivity contribution in [2.75, 3.05) is 38.7 Å². The molecule has 0 spiro atoms. The molecular weight excluding hydrogens is 400 g/mol. The lowest BCUT2D eigenvalue weighted by atomic mass is 10.2. The Balaban J connectivity index is 0.000000187. The summed E-state index contributed by atoms with van der Waals surface area (Å²) in [6.07, 6.45) is 3.06. The van der Waals surface area contributed by atoms with Crippen molar-refractivity contribution in [3.8, 4) is 17.5 Å². The molecule has 164 valence electrons. The van der Waals surface area contributed by atoms with E-state index in [0.717, 1.165) is 0 Å². The van der Waals surface area contributed by atoms with Gasteiger partial charge >= 0.3 is 6.09 Å². The second-order valence-electron chi connectivity index (χ2n) is 7.72. The molecule has 1 aliphatic rings. The number of anilines is 1. The van der Waals surface area contributed by atoms with Gasteiger partial charge in [-0.25, -0.2) is 14.3 Å². The van der Waals surface area contributed by atoms with Gasteiger partial charge in [0.1, 0.15) is 28.7 Å². The number of amides is 1. The number of fused-ring (bicyclic) bond motifs is 1. The molecule has 4 heterocycles. The van der Waals surface area contributed by atoms with Gasteiger partial charge in [0.25, 0.3) is 0 Å². The fraction of sp³-hybridized carbons (Fsp3) is 0.429. The highest BCUT2D eigenvalue weighted by Crippen LogP contribution is 2.25. The Morgan fingerprint density at radius 1 is 1.29 bits per heavy atom. The average molecular weight is 426 g/mol. The first-order valence-electron chi connectivity index (χ1n) is 9.89. The normalized spacial score (nSPS) is 13.8. The summed E-state index contributed by atoms with van der Waals surface area (Å²) in [6, 6.07) is 7.43. The maximum atomic E-state index is 11.5. The van der Waals surface area contributed by atoms with Gasteiger partial charge in [0.2, 0.25) is 0 Å². The van der Waals surface area contributed by atoms with Gasteiger partial charge in [-0.1, -0.05) is 0 Å². The van der Waals surface area contributed by atoms with E-state index in [0.29, 0.717) is 54.8 Å². The zero-order chi connectivity index (χ0) is 22.4. The summed E-state index contributed by atoms with van der Waals surface area (Å²) in [5.74, 6) is 1.24. The summed E-state index contributed by atoms with van der Waals surface area (Å²) in [5, 5.41) is 16.5. The van der Waals surface area contributed by atoms with E-state index >= 15 is 0 Å². The number of hydrogen-bond acceptors (Lipinski definition) is 8. The molecular formula is C21H26N6O4. The number of morpholine rings is 1. The molecule has 0 bridgehead atoms. The summed E-state index contributed by atoms with van der Waals surface area (Å²) in [6.45, 7) is 8.09. The van der Waals surface area contributed by atoms with Crippen LogP contribution < -0.4 is 5.32 Å². The molecule has 10 nitrogen and oxygen atoms in total. The summed E-state index contributed by atoms with van der Waals surface area (Å²) in [7, 11) is 1.77. The molecule has 0 atom stereocenters. The first-order chi connectivity index (χ1) is 14.8. The summed E-state index contributed by atoms with van der Waals surface area (Å²) < 4.78 is 17.2. The molecule has 0 unspecified atom stereocenters. The predicted molar refractivity (Wildman–Crippen MR) is 114 cm³/mol. The number of carbonyl (C=O) groups is 1. The van der Waals surface area contributed by atoms with Gasteiger partial charge in [-0.2, -0.15) is 10.4 Å². The maximum Gasteiger partial charge on any atom is 0.410 e. The van der Waals surface area contributed by atoms with Crippen LogP contribution >= 0.6 is 0 Å². The van der Waals surface area contributed by atoms with E-state index in [4.69, 9.17) is 13.9 Å². The summed E-state index contributed by atoms with van der Waals surface area (Å²) in [5.41, 5.74) is 1.01. The van der Waals surface area contributed by atoms with Crippen LogP contribution in [-0.4, -0.2) is 64.5 Å². The van der Waals surface area contributed by atoms with Crippen molar-refractivity contribution in [2.24, 2.45) is 0 Å². The topological polar surface area (TPSA) is 118 Å². The van der Waals surface area contributed by atoms with Crippen LogP contribution in [0.1, 0.15) is 26.3 Å². The number of furan rings is 1. The summed E-state index contributed by atoms with van der Waals surface area (Å²) >= 11 is 0. The van der Waals surface area contributed by atoms with Crippen molar-refractivity contribution in [2.45, 2.75) is 26.4 Å². The Morgan fingerprint density at radius 3 is 2.61 bits per heavy atom. The Kier molecular flexibility index (Phi) is 6.77. The molecule has 4 rings (SSSR count). The average Bonchev–Trinajstić information content (AvgIpc) is 3.40. The van der Waals surface area contributed by atoms with Crippen LogP contribution in [0, 0.1) is 11.3 Å². The van der Waals surface area contributed by atoms with Crippen LogP contribution in [0.2, 0.25) is 0 Å². The molecule has 10 heteroatoms. The standard InChI is InChI=1S/C12H9N5O.C9H17NO3/c1-14-10-4-5-17-12(15-10)8(7-13)11(16-17)9-3-2-6-18-9;1-9(2,3)13-8(11)10-4-6-12-7-5-10/h2-6H,1H3,(H,14,15);4-7H2,1-3H3. The molecule has 0 saturated carbocycles. The number of rotatable bonds is 2. The van der Waals surface area contributed by atoms with E-state index in [1.54, 1.807) is 47.1 Å². The van der Waals surface area contributed by atoms with Crippen molar-refractivity contribution < 1.29 is 18.7 Å². The number of nitrogens with one attached hydrogen (secondary N) is 1. The number of nitrogens with zero attached hydrogens (tertiary/aromatic N) is 5. The van der Waals surface area contributed by atoms with Crippen molar-refractivity contribution >= 4 is 17.6 Å². The van der Waals surface area contributed by atoms with Gasteiger partial charge in [-0.05, 0) is 39.0 Å². The lowest BCUT2D eigenvalue weighted by Gasteiger charge is -2.29. The first kappa shape index (κ1) is 22.1. The molecule has 1 aliphatic heterocycles. The van der Waals surface area contributed by atoms with Gasteiger partial charge in [0.05, 0.1) is 19.5 Å². The van der Waals surface area contributed by atoms with Crippen LogP contribution in [0.5, 0.6) is 0 Å². The van der Waals surface area contributed by atoms with Gasteiger partial charge < -0.3 is 24.1 Å². The molecule has 0 aromatic carbocycles. The van der Waals surface area contributed by atoms with E-state index < -0.39 is 5.60 Å². The number of aromatic nitrogens is 3. The number of nitriles is 1. The highest BCUT2D eigenvalue weighted by Gasteiger charge is 2.23. The first-order valence-corrected chi connectivity index (χ1v) is 9.89. The quantitative estimate of drug-likeness (QED) is 0.664. The molecule has 1 saturated heterocycles. The van der Waals surface area contributed by atoms with E-state index in [-0.39, 0.29) is 6.09 Å². The van der Waals surface area contributed by atoms with Crippen molar-refractivity contribution in [1.82, 2.24) is 19.5 Å². The van der Waals surface area contributed by atoms with Crippen LogP contribution in [0.4, 0.5) is 10.6 Å². The Bertz CT molecular complexity index is 1060. The molecule has 0 aliphatic carbocycles. The van der Waals surface area contributed by atoms with Crippen LogP contribution in [0.3, 0.4) is 0 Å². The zero-order valence-corrected chi connectivity index (χ0v) is 18.1. The monoisotopic (exact) mass is 426 g/mol. The van der Waals surface area contributed by atoms with Crippen molar-refractivity contribution in [1.29, 1.82) is 5.26 Å². The van der Waals surface area contributed by atoms with Crippen LogP contribution in [0.15, 0.2) is 35.1 Å². The zero-order valence-electron chi connectivity index (χ0n) is 18.1. The molecule has 1 fully saturated rings. The molecule has 1 N–H and O–H groups in total. The fourth-order valence-electron chi connectivity index (χ4n) is 2.83. The van der Waals surface area contributed by atoms with Gasteiger partial charge in [-0.15, -0.1) is 0 Å². The second kappa shape index (κ2) is 9.49. The van der Waals surface area contributed by atoms with Gasteiger partial charge in [0.15, 0.2) is 11.4 Å². The van der Waals surface area contributed by atoms with Gasteiger partial charge in [-0.3, -0.25) is 0 Å². The van der Waals surface area contributed by atoms with Crippen molar-refractivity contribution in [3.05, 3.63) is 36.2 Å². The summed E-state index contributed by atoms with van der Waals surface area (Å²) in [4.78, 5) is 17.5. The smallest absolute Gasteiger partial charge is 0.410 e. The molecule has 3 aromatic rings. The highest BCUT2D eigenvalue weighted by atomic mass is 16.6. The second-order valence-corrected chi connectivity index (χ2v) is 7.72. The molecule has 31 heavy (non-hydrogen) atoms. The Labute approximate surface area is 180 Å². The lowest BCUT2D eigenvalue weighted by molar-refractivity contribution is -0.00677. The molecule has 0 radical (unpaired) electrons. The Morgan fingerprint density at radius 2 is 2.03 bits per heavy atom. The van der Waals surface area contributed by atoms with E-state index in [1.807, 2.05) is 20.8 Å². The number of hydrogen-bond donors (Lipinski definition) is 1. The minimum atomic E-state index is -0.407. The highest BCUT2D eigenvalue weighted by molar-refractivity contribution is 5.72. The minimum absolute atomic E-state index is 0.240. The number of ether oxygens (including phenoxy) is 2. The predicted octanol–water partition coefficient (Wildman–Crippen LogP) is 3.16. The molecule has 3 aromatic heterocycles. The SMILES string of the molecule is CC(C)(C)OC(=O)N1CCOCC1.CNc1ccn2nc(-c3ccco3)c(C#N)c2n1. The third-order valence-corrected chi connectivity index (χ3v) is 4.27. The van der Waals surface area contributed by atoms with E-state index in [1.165, 1.54) is 0 Å². The maximum absolute atomic E-state index is 11.5. The third kappa shape index (κ3) is 5.52. The Hall–Kier alpha value is -3.58. The van der Waals surface area contributed by atoms with Crippen LogP contribution in [0.25, 0.3) is 17.1 Å². The van der Waals surface area contributed by atoms with Crippen molar-refractivity contribution in [3.63, 3.8) is 0 Å². The number of carbonyl (C=O) groups excluding carboxylic acids is 1. The largest absolute Gasteiger partial charge is 0.463 e. The van der Waals surface area contributed by atoms with E-state index in [9.17, 15) is 10.1 Å². The molecule has 1 amide bonds. The minimum Gasteiger partial charge on any atom is -0.463 e. The van der Waals surface area contributed by atoms with Crippen LogP contribution in [-0.2, 0) is 9.47 Å². The fourth-order valence-corrected chi connectivity index (χ4v) is 2.83. The van der Waals surface area contributed by atoms with Gasteiger partial charge in [0, 0.05) is 26.3 Å².